The van der Waals surface area contributed by atoms with Crippen molar-refractivity contribution < 1.29 is 14.6 Å². The molecule has 19 heavy (non-hydrogen) atoms. The van der Waals surface area contributed by atoms with Gasteiger partial charge in [-0.15, -0.1) is 0 Å². The van der Waals surface area contributed by atoms with Crippen LogP contribution >= 0.6 is 0 Å². The van der Waals surface area contributed by atoms with Gasteiger partial charge in [0.15, 0.2) is 0 Å². The van der Waals surface area contributed by atoms with Gasteiger partial charge in [-0.2, -0.15) is 0 Å². The summed E-state index contributed by atoms with van der Waals surface area (Å²) in [6, 6.07) is 9.96. The zero-order valence-corrected chi connectivity index (χ0v) is 11.3. The Bertz CT molecular complexity index is 339. The number of hydrogen-bond acceptors (Lipinski definition) is 4. The largest absolute Gasteiger partial charge is 0.388 e. The highest BCUT2D eigenvalue weighted by Gasteiger charge is 2.15. The number of hydrogen-bond donors (Lipinski definition) is 2. The van der Waals surface area contributed by atoms with E-state index in [-0.39, 0.29) is 0 Å². The van der Waals surface area contributed by atoms with Crippen LogP contribution in [0.1, 0.15) is 12.0 Å². The zero-order valence-electron chi connectivity index (χ0n) is 11.3. The first-order chi connectivity index (χ1) is 9.34. The minimum absolute atomic E-state index is 0.317. The lowest BCUT2D eigenvalue weighted by Crippen LogP contribution is -2.24. The van der Waals surface area contributed by atoms with E-state index in [0.29, 0.717) is 25.7 Å². The van der Waals surface area contributed by atoms with Crippen LogP contribution in [0.4, 0.5) is 0 Å². The number of benzene rings is 1. The van der Waals surface area contributed by atoms with E-state index < -0.39 is 6.10 Å². The first kappa shape index (κ1) is 14.5. The molecule has 1 aromatic carbocycles. The fourth-order valence-corrected chi connectivity index (χ4v) is 2.16. The molecule has 1 aromatic rings. The van der Waals surface area contributed by atoms with E-state index >= 15 is 0 Å². The van der Waals surface area contributed by atoms with E-state index in [1.165, 1.54) is 6.42 Å². The molecule has 1 aliphatic rings. The summed E-state index contributed by atoms with van der Waals surface area (Å²) in [6.07, 6.45) is 0.624. The molecule has 0 amide bonds. The van der Waals surface area contributed by atoms with Crippen molar-refractivity contribution in [2.45, 2.75) is 19.1 Å². The van der Waals surface area contributed by atoms with Gasteiger partial charge < -0.3 is 19.9 Å². The maximum Gasteiger partial charge on any atom is 0.101 e. The van der Waals surface area contributed by atoms with Crippen LogP contribution in [0.3, 0.4) is 0 Å². The van der Waals surface area contributed by atoms with Crippen LogP contribution in [-0.2, 0) is 16.1 Å². The maximum atomic E-state index is 9.74. The summed E-state index contributed by atoms with van der Waals surface area (Å²) >= 11 is 0. The van der Waals surface area contributed by atoms with E-state index in [2.05, 4.69) is 5.32 Å². The number of ether oxygens (including phenoxy) is 2. The molecule has 0 aromatic heterocycles. The Balaban J connectivity index is 1.51. The van der Waals surface area contributed by atoms with Gasteiger partial charge in [-0.25, -0.2) is 0 Å². The molecule has 4 heteroatoms. The van der Waals surface area contributed by atoms with Crippen LogP contribution < -0.4 is 5.32 Å². The maximum absolute atomic E-state index is 9.74. The van der Waals surface area contributed by atoms with E-state index in [4.69, 9.17) is 9.47 Å². The van der Waals surface area contributed by atoms with E-state index in [1.54, 1.807) is 0 Å². The molecule has 1 heterocycles. The SMILES string of the molecule is OC(COCc1ccccc1)COCC1CCNC1. The molecule has 0 saturated carbocycles. The van der Waals surface area contributed by atoms with Crippen LogP contribution in [-0.4, -0.2) is 44.1 Å². The summed E-state index contributed by atoms with van der Waals surface area (Å²) in [5.41, 5.74) is 1.12. The predicted octanol–water partition coefficient (Wildman–Crippen LogP) is 1.19. The molecule has 0 radical (unpaired) electrons. The molecule has 0 aliphatic carbocycles. The zero-order chi connectivity index (χ0) is 13.3. The van der Waals surface area contributed by atoms with Gasteiger partial charge >= 0.3 is 0 Å². The van der Waals surface area contributed by atoms with Crippen LogP contribution in [0.25, 0.3) is 0 Å². The van der Waals surface area contributed by atoms with Crippen molar-refractivity contribution in [2.24, 2.45) is 5.92 Å². The van der Waals surface area contributed by atoms with E-state index in [1.807, 2.05) is 30.3 Å². The molecular weight excluding hydrogens is 242 g/mol. The Kier molecular flexibility index (Phi) is 6.30. The third-order valence-electron chi connectivity index (χ3n) is 3.25. The molecule has 1 fully saturated rings. The molecule has 2 atom stereocenters. The second-order valence-corrected chi connectivity index (χ2v) is 5.05. The van der Waals surface area contributed by atoms with Gasteiger partial charge in [0.25, 0.3) is 0 Å². The molecular formula is C15H23NO3. The topological polar surface area (TPSA) is 50.7 Å². The summed E-state index contributed by atoms with van der Waals surface area (Å²) in [4.78, 5) is 0. The predicted molar refractivity (Wildman–Crippen MR) is 73.9 cm³/mol. The van der Waals surface area contributed by atoms with Crippen molar-refractivity contribution in [1.82, 2.24) is 5.32 Å². The Hall–Kier alpha value is -0.940. The summed E-state index contributed by atoms with van der Waals surface area (Å²) in [5.74, 6) is 0.595. The molecule has 2 rings (SSSR count). The van der Waals surface area contributed by atoms with Crippen molar-refractivity contribution in [2.75, 3.05) is 32.9 Å². The lowest BCUT2D eigenvalue weighted by Gasteiger charge is -2.14. The van der Waals surface area contributed by atoms with Crippen LogP contribution in [0.5, 0.6) is 0 Å². The standard InChI is InChI=1S/C15H23NO3/c17-15(12-19-10-14-6-7-16-8-14)11-18-9-13-4-2-1-3-5-13/h1-5,14-17H,6-12H2. The molecule has 2 N–H and O–H groups in total. The van der Waals surface area contributed by atoms with Gasteiger partial charge in [-0.3, -0.25) is 0 Å². The highest BCUT2D eigenvalue weighted by atomic mass is 16.5. The van der Waals surface area contributed by atoms with Crippen molar-refractivity contribution in [3.05, 3.63) is 35.9 Å². The molecule has 2 unspecified atom stereocenters. The molecule has 0 spiro atoms. The first-order valence-electron chi connectivity index (χ1n) is 6.93. The van der Waals surface area contributed by atoms with Gasteiger partial charge in [-0.1, -0.05) is 30.3 Å². The molecule has 0 bridgehead atoms. The van der Waals surface area contributed by atoms with Gasteiger partial charge in [-0.05, 0) is 24.4 Å². The Morgan fingerprint density at radius 1 is 1.21 bits per heavy atom. The monoisotopic (exact) mass is 265 g/mol. The second-order valence-electron chi connectivity index (χ2n) is 5.05. The summed E-state index contributed by atoms with van der Waals surface area (Å²) in [6.45, 7) is 4.04. The van der Waals surface area contributed by atoms with Crippen LogP contribution in [0, 0.1) is 5.92 Å². The summed E-state index contributed by atoms with van der Waals surface area (Å²) in [5, 5.41) is 13.0. The van der Waals surface area contributed by atoms with Crippen molar-refractivity contribution >= 4 is 0 Å². The minimum atomic E-state index is -0.543. The van der Waals surface area contributed by atoms with Crippen molar-refractivity contribution in [3.63, 3.8) is 0 Å². The lowest BCUT2D eigenvalue weighted by molar-refractivity contribution is -0.0290. The molecule has 1 saturated heterocycles. The van der Waals surface area contributed by atoms with E-state index in [9.17, 15) is 5.11 Å². The number of aliphatic hydroxyl groups excluding tert-OH is 1. The smallest absolute Gasteiger partial charge is 0.101 e. The van der Waals surface area contributed by atoms with Gasteiger partial charge in [0.05, 0.1) is 26.4 Å². The fourth-order valence-electron chi connectivity index (χ4n) is 2.16. The molecule has 4 nitrogen and oxygen atoms in total. The molecule has 106 valence electrons. The fraction of sp³-hybridized carbons (Fsp3) is 0.600. The highest BCUT2D eigenvalue weighted by Crippen LogP contribution is 2.07. The van der Waals surface area contributed by atoms with Crippen LogP contribution in [0.2, 0.25) is 0 Å². The van der Waals surface area contributed by atoms with Crippen molar-refractivity contribution in [1.29, 1.82) is 0 Å². The second kappa shape index (κ2) is 8.27. The first-order valence-corrected chi connectivity index (χ1v) is 6.93. The van der Waals surface area contributed by atoms with Gasteiger partial charge in [0.1, 0.15) is 6.10 Å². The highest BCUT2D eigenvalue weighted by molar-refractivity contribution is 5.13. The number of aliphatic hydroxyl groups is 1. The van der Waals surface area contributed by atoms with E-state index in [0.717, 1.165) is 25.3 Å². The number of rotatable bonds is 8. The quantitative estimate of drug-likeness (QED) is 0.741. The third kappa shape index (κ3) is 5.70. The normalized spacial score (nSPS) is 20.6. The Morgan fingerprint density at radius 3 is 2.74 bits per heavy atom. The molecule has 1 aliphatic heterocycles. The van der Waals surface area contributed by atoms with Crippen molar-refractivity contribution in [3.8, 4) is 0 Å². The number of nitrogens with one attached hydrogen (secondary N) is 1. The Labute approximate surface area is 114 Å². The Morgan fingerprint density at radius 2 is 2.00 bits per heavy atom. The third-order valence-corrected chi connectivity index (χ3v) is 3.25. The average molecular weight is 265 g/mol. The lowest BCUT2D eigenvalue weighted by atomic mass is 10.1. The van der Waals surface area contributed by atoms with Gasteiger partial charge in [0.2, 0.25) is 0 Å². The minimum Gasteiger partial charge on any atom is -0.388 e. The summed E-state index contributed by atoms with van der Waals surface area (Å²) in [7, 11) is 0. The van der Waals surface area contributed by atoms with Gasteiger partial charge in [0, 0.05) is 6.54 Å². The average Bonchev–Trinajstić information content (AvgIpc) is 2.93. The van der Waals surface area contributed by atoms with Crippen LogP contribution in [0.15, 0.2) is 30.3 Å². The summed E-state index contributed by atoms with van der Waals surface area (Å²) < 4.78 is 11.0.